The number of nitrogens with one attached hydrogen (secondary N) is 2. The van der Waals surface area contributed by atoms with Crippen LogP contribution in [-0.2, 0) is 0 Å². The van der Waals surface area contributed by atoms with Gasteiger partial charge in [-0.1, -0.05) is 0 Å². The van der Waals surface area contributed by atoms with E-state index in [2.05, 4.69) is 20.5 Å². The minimum absolute atomic E-state index is 0.0165. The van der Waals surface area contributed by atoms with Crippen LogP contribution in [0.25, 0.3) is 0 Å². The van der Waals surface area contributed by atoms with E-state index in [0.29, 0.717) is 0 Å². The lowest BCUT2D eigenvalue weighted by Gasteiger charge is -2.11. The number of aromatic amines is 1. The van der Waals surface area contributed by atoms with Crippen LogP contribution in [-0.4, -0.2) is 26.2 Å². The minimum atomic E-state index is -0.420. The van der Waals surface area contributed by atoms with Crippen LogP contribution in [0.5, 0.6) is 5.75 Å². The van der Waals surface area contributed by atoms with E-state index < -0.39 is 5.91 Å². The van der Waals surface area contributed by atoms with Gasteiger partial charge in [-0.05, 0) is 19.1 Å². The van der Waals surface area contributed by atoms with Gasteiger partial charge in [0.25, 0.3) is 5.91 Å². The fourth-order valence-electron chi connectivity index (χ4n) is 1.42. The molecule has 6 nitrogen and oxygen atoms in total. The summed E-state index contributed by atoms with van der Waals surface area (Å²) in [6.45, 7) is 1.82. The van der Waals surface area contributed by atoms with E-state index in [1.165, 1.54) is 12.3 Å². The molecule has 0 aliphatic carbocycles. The number of amides is 1. The summed E-state index contributed by atoms with van der Waals surface area (Å²) in [5, 5.41) is 18.7. The van der Waals surface area contributed by atoms with Crippen molar-refractivity contribution in [2.45, 2.75) is 13.0 Å². The van der Waals surface area contributed by atoms with Crippen molar-refractivity contribution in [3.8, 4) is 5.75 Å². The SMILES string of the molecule is CC(NC(=O)c1ncccc1O)c1cn[nH]c1. The second-order valence-corrected chi connectivity index (χ2v) is 3.60. The van der Waals surface area contributed by atoms with E-state index >= 15 is 0 Å². The zero-order chi connectivity index (χ0) is 12.3. The zero-order valence-corrected chi connectivity index (χ0v) is 9.21. The number of rotatable bonds is 3. The molecule has 0 bridgehead atoms. The average Bonchev–Trinajstić information content (AvgIpc) is 2.82. The molecule has 1 unspecified atom stereocenters. The maximum absolute atomic E-state index is 11.8. The first-order valence-corrected chi connectivity index (χ1v) is 5.12. The van der Waals surface area contributed by atoms with Crippen molar-refractivity contribution in [3.05, 3.63) is 42.0 Å². The third-order valence-electron chi connectivity index (χ3n) is 2.37. The lowest BCUT2D eigenvalue weighted by molar-refractivity contribution is 0.0932. The Bertz CT molecular complexity index is 510. The molecule has 2 heterocycles. The Morgan fingerprint density at radius 2 is 2.41 bits per heavy atom. The Morgan fingerprint density at radius 3 is 3.06 bits per heavy atom. The first-order chi connectivity index (χ1) is 8.18. The third-order valence-corrected chi connectivity index (χ3v) is 2.37. The predicted octanol–water partition coefficient (Wildman–Crippen LogP) is 1.00. The Morgan fingerprint density at radius 1 is 1.59 bits per heavy atom. The van der Waals surface area contributed by atoms with E-state index in [1.807, 2.05) is 6.92 Å². The number of hydrogen-bond donors (Lipinski definition) is 3. The van der Waals surface area contributed by atoms with Crippen LogP contribution >= 0.6 is 0 Å². The molecule has 1 atom stereocenters. The van der Waals surface area contributed by atoms with Gasteiger partial charge in [0.1, 0.15) is 5.75 Å². The molecule has 88 valence electrons. The summed E-state index contributed by atoms with van der Waals surface area (Å²) < 4.78 is 0. The van der Waals surface area contributed by atoms with Crippen LogP contribution in [0.15, 0.2) is 30.7 Å². The molecule has 0 saturated carbocycles. The minimum Gasteiger partial charge on any atom is -0.505 e. The van der Waals surface area contributed by atoms with Gasteiger partial charge in [-0.3, -0.25) is 9.89 Å². The van der Waals surface area contributed by atoms with Crippen molar-refractivity contribution in [1.29, 1.82) is 0 Å². The van der Waals surface area contributed by atoms with E-state index in [9.17, 15) is 9.90 Å². The molecule has 2 aromatic heterocycles. The monoisotopic (exact) mass is 232 g/mol. The Hall–Kier alpha value is -2.37. The summed E-state index contributed by atoms with van der Waals surface area (Å²) >= 11 is 0. The fourth-order valence-corrected chi connectivity index (χ4v) is 1.42. The number of carbonyl (C=O) groups is 1. The molecule has 17 heavy (non-hydrogen) atoms. The Kier molecular flexibility index (Phi) is 3.04. The van der Waals surface area contributed by atoms with Crippen LogP contribution in [0.3, 0.4) is 0 Å². The van der Waals surface area contributed by atoms with Crippen molar-refractivity contribution in [2.24, 2.45) is 0 Å². The van der Waals surface area contributed by atoms with Crippen LogP contribution in [0.2, 0.25) is 0 Å². The molecule has 1 amide bonds. The lowest BCUT2D eigenvalue weighted by Crippen LogP contribution is -2.27. The van der Waals surface area contributed by atoms with Gasteiger partial charge in [0.2, 0.25) is 0 Å². The van der Waals surface area contributed by atoms with E-state index in [1.54, 1.807) is 18.5 Å². The molecule has 0 aromatic carbocycles. The van der Waals surface area contributed by atoms with Gasteiger partial charge in [0, 0.05) is 18.0 Å². The van der Waals surface area contributed by atoms with Gasteiger partial charge < -0.3 is 10.4 Å². The van der Waals surface area contributed by atoms with Gasteiger partial charge in [-0.2, -0.15) is 5.10 Å². The second kappa shape index (κ2) is 4.65. The predicted molar refractivity (Wildman–Crippen MR) is 60.4 cm³/mol. The van der Waals surface area contributed by atoms with E-state index in [0.717, 1.165) is 5.56 Å². The van der Waals surface area contributed by atoms with Gasteiger partial charge in [0.05, 0.1) is 12.2 Å². The van der Waals surface area contributed by atoms with Gasteiger partial charge in [0.15, 0.2) is 5.69 Å². The summed E-state index contributed by atoms with van der Waals surface area (Å²) in [4.78, 5) is 15.6. The van der Waals surface area contributed by atoms with E-state index in [-0.39, 0.29) is 17.5 Å². The largest absolute Gasteiger partial charge is 0.505 e. The number of pyridine rings is 1. The lowest BCUT2D eigenvalue weighted by atomic mass is 10.2. The first kappa shape index (κ1) is 11.1. The first-order valence-electron chi connectivity index (χ1n) is 5.12. The number of nitrogens with zero attached hydrogens (tertiary/aromatic N) is 2. The summed E-state index contributed by atoms with van der Waals surface area (Å²) in [7, 11) is 0. The molecular weight excluding hydrogens is 220 g/mol. The zero-order valence-electron chi connectivity index (χ0n) is 9.21. The highest BCUT2D eigenvalue weighted by molar-refractivity contribution is 5.94. The highest BCUT2D eigenvalue weighted by Crippen LogP contribution is 2.15. The molecule has 0 spiro atoms. The van der Waals surface area contributed by atoms with E-state index in [4.69, 9.17) is 0 Å². The summed E-state index contributed by atoms with van der Waals surface area (Å²) in [5.74, 6) is -0.554. The molecule has 0 fully saturated rings. The number of hydrogen-bond acceptors (Lipinski definition) is 4. The smallest absolute Gasteiger partial charge is 0.274 e. The maximum atomic E-state index is 11.8. The highest BCUT2D eigenvalue weighted by Gasteiger charge is 2.15. The average molecular weight is 232 g/mol. The normalized spacial score (nSPS) is 12.1. The molecule has 0 aliphatic heterocycles. The van der Waals surface area contributed by atoms with Crippen LogP contribution in [0, 0.1) is 0 Å². The maximum Gasteiger partial charge on any atom is 0.274 e. The van der Waals surface area contributed by atoms with Gasteiger partial charge in [-0.15, -0.1) is 0 Å². The van der Waals surface area contributed by atoms with Crippen LogP contribution in [0.1, 0.15) is 29.0 Å². The second-order valence-electron chi connectivity index (χ2n) is 3.60. The van der Waals surface area contributed by atoms with Crippen molar-refractivity contribution < 1.29 is 9.90 Å². The molecule has 0 aliphatic rings. The van der Waals surface area contributed by atoms with Crippen molar-refractivity contribution in [3.63, 3.8) is 0 Å². The fraction of sp³-hybridized carbons (Fsp3) is 0.182. The molecular formula is C11H12N4O2. The molecule has 6 heteroatoms. The van der Waals surface area contributed by atoms with Crippen molar-refractivity contribution in [1.82, 2.24) is 20.5 Å². The summed E-state index contributed by atoms with van der Waals surface area (Å²) in [6.07, 6.45) is 4.78. The molecule has 3 N–H and O–H groups in total. The molecule has 2 aromatic rings. The van der Waals surface area contributed by atoms with Crippen molar-refractivity contribution in [2.75, 3.05) is 0 Å². The van der Waals surface area contributed by atoms with Crippen LogP contribution < -0.4 is 5.32 Å². The Balaban J connectivity index is 2.10. The number of aromatic hydroxyl groups is 1. The summed E-state index contributed by atoms with van der Waals surface area (Å²) in [5.41, 5.74) is 0.872. The highest BCUT2D eigenvalue weighted by atomic mass is 16.3. The topological polar surface area (TPSA) is 90.9 Å². The van der Waals surface area contributed by atoms with Crippen LogP contribution in [0.4, 0.5) is 0 Å². The number of H-pyrrole nitrogens is 1. The standard InChI is InChI=1S/C11H12N4O2/c1-7(8-5-13-14-6-8)15-11(17)10-9(16)3-2-4-12-10/h2-7,16H,1H3,(H,13,14)(H,15,17). The third kappa shape index (κ3) is 2.41. The van der Waals surface area contributed by atoms with Crippen molar-refractivity contribution >= 4 is 5.91 Å². The molecule has 2 rings (SSSR count). The molecule has 0 saturated heterocycles. The Labute approximate surface area is 97.7 Å². The van der Waals surface area contributed by atoms with Gasteiger partial charge in [-0.25, -0.2) is 4.98 Å². The molecule has 0 radical (unpaired) electrons. The summed E-state index contributed by atoms with van der Waals surface area (Å²) in [6, 6.07) is 2.78. The van der Waals surface area contributed by atoms with Gasteiger partial charge >= 0.3 is 0 Å². The number of aromatic nitrogens is 3. The quantitative estimate of drug-likeness (QED) is 0.736. The number of carbonyl (C=O) groups excluding carboxylic acids is 1.